The van der Waals surface area contributed by atoms with E-state index < -0.39 is 12.3 Å². The van der Waals surface area contributed by atoms with E-state index in [1.54, 1.807) is 19.1 Å². The molecule has 7 heteroatoms. The summed E-state index contributed by atoms with van der Waals surface area (Å²) in [5, 5.41) is 9.39. The van der Waals surface area contributed by atoms with Gasteiger partial charge in [-0.3, -0.25) is 4.79 Å². The molecule has 0 unspecified atom stereocenters. The van der Waals surface area contributed by atoms with Crippen LogP contribution in [0.15, 0.2) is 29.0 Å². The third kappa shape index (κ3) is 2.50. The SMILES string of the molecule is Cc1cc(-c2nnco2)ccc1NC(=O)C(F)F. The van der Waals surface area contributed by atoms with Crippen molar-refractivity contribution >= 4 is 11.6 Å². The number of amides is 1. The van der Waals surface area contributed by atoms with Crippen molar-refractivity contribution in [1.82, 2.24) is 10.2 Å². The van der Waals surface area contributed by atoms with E-state index in [1.165, 1.54) is 12.5 Å². The van der Waals surface area contributed by atoms with Crippen LogP contribution in [-0.2, 0) is 4.79 Å². The zero-order chi connectivity index (χ0) is 13.1. The van der Waals surface area contributed by atoms with Gasteiger partial charge in [-0.1, -0.05) is 0 Å². The van der Waals surface area contributed by atoms with Gasteiger partial charge in [-0.15, -0.1) is 10.2 Å². The van der Waals surface area contributed by atoms with Crippen LogP contribution in [0.1, 0.15) is 5.56 Å². The normalized spacial score (nSPS) is 10.7. The number of hydrogen-bond acceptors (Lipinski definition) is 4. The fourth-order valence-electron chi connectivity index (χ4n) is 1.42. The van der Waals surface area contributed by atoms with Crippen molar-refractivity contribution in [3.8, 4) is 11.5 Å². The van der Waals surface area contributed by atoms with Crippen LogP contribution in [-0.4, -0.2) is 22.5 Å². The maximum Gasteiger partial charge on any atom is 0.315 e. The molecule has 1 aromatic heterocycles. The average molecular weight is 253 g/mol. The molecule has 0 aliphatic carbocycles. The summed E-state index contributed by atoms with van der Waals surface area (Å²) in [6, 6.07) is 4.77. The van der Waals surface area contributed by atoms with Gasteiger partial charge in [-0.2, -0.15) is 8.78 Å². The second-order valence-electron chi connectivity index (χ2n) is 3.56. The Kier molecular flexibility index (Phi) is 3.31. The van der Waals surface area contributed by atoms with E-state index >= 15 is 0 Å². The van der Waals surface area contributed by atoms with Crippen LogP contribution < -0.4 is 5.32 Å². The maximum atomic E-state index is 12.1. The third-order valence-corrected chi connectivity index (χ3v) is 2.29. The van der Waals surface area contributed by atoms with Crippen molar-refractivity contribution in [3.05, 3.63) is 30.2 Å². The van der Waals surface area contributed by atoms with Gasteiger partial charge < -0.3 is 9.73 Å². The van der Waals surface area contributed by atoms with Gasteiger partial charge in [0.2, 0.25) is 12.3 Å². The monoisotopic (exact) mass is 253 g/mol. The van der Waals surface area contributed by atoms with Gasteiger partial charge in [-0.05, 0) is 30.7 Å². The number of anilines is 1. The summed E-state index contributed by atoms with van der Waals surface area (Å²) in [7, 11) is 0. The van der Waals surface area contributed by atoms with Crippen molar-refractivity contribution in [2.24, 2.45) is 0 Å². The smallest absolute Gasteiger partial charge is 0.315 e. The molecule has 0 atom stereocenters. The van der Waals surface area contributed by atoms with Crippen molar-refractivity contribution in [1.29, 1.82) is 0 Å². The van der Waals surface area contributed by atoms with E-state index in [-0.39, 0.29) is 0 Å². The van der Waals surface area contributed by atoms with Gasteiger partial charge in [0.05, 0.1) is 0 Å². The molecule has 0 aliphatic heterocycles. The standard InChI is InChI=1S/C11H9F2N3O2/c1-6-4-7(11-16-14-5-18-11)2-3-8(6)15-10(17)9(12)13/h2-5,9H,1H3,(H,15,17). The van der Waals surface area contributed by atoms with Gasteiger partial charge in [0, 0.05) is 11.3 Å². The first-order valence-electron chi connectivity index (χ1n) is 5.04. The number of aryl methyl sites for hydroxylation is 1. The lowest BCUT2D eigenvalue weighted by molar-refractivity contribution is -0.126. The van der Waals surface area contributed by atoms with Crippen LogP contribution in [0.4, 0.5) is 14.5 Å². The molecule has 5 nitrogen and oxygen atoms in total. The molecule has 1 aromatic carbocycles. The summed E-state index contributed by atoms with van der Waals surface area (Å²) in [5.74, 6) is -1.01. The number of carbonyl (C=O) groups excluding carboxylic acids is 1. The van der Waals surface area contributed by atoms with Gasteiger partial charge in [0.15, 0.2) is 0 Å². The van der Waals surface area contributed by atoms with Crippen LogP contribution in [0.25, 0.3) is 11.5 Å². The van der Waals surface area contributed by atoms with Crippen molar-refractivity contribution < 1.29 is 18.0 Å². The molecule has 0 saturated heterocycles. The molecule has 0 saturated carbocycles. The third-order valence-electron chi connectivity index (χ3n) is 2.29. The highest BCUT2D eigenvalue weighted by Crippen LogP contribution is 2.23. The minimum atomic E-state index is -3.04. The zero-order valence-corrected chi connectivity index (χ0v) is 9.35. The molecule has 2 aromatic rings. The minimum Gasteiger partial charge on any atom is -0.423 e. The van der Waals surface area contributed by atoms with Crippen LogP contribution in [0.3, 0.4) is 0 Å². The first kappa shape index (κ1) is 12.2. The predicted octanol–water partition coefficient (Wildman–Crippen LogP) is 2.25. The lowest BCUT2D eigenvalue weighted by atomic mass is 10.1. The van der Waals surface area contributed by atoms with Crippen LogP contribution in [0.5, 0.6) is 0 Å². The number of benzene rings is 1. The second kappa shape index (κ2) is 4.91. The number of carbonyl (C=O) groups is 1. The number of nitrogens with zero attached hydrogens (tertiary/aromatic N) is 2. The molecule has 0 bridgehead atoms. The predicted molar refractivity (Wildman–Crippen MR) is 59.1 cm³/mol. The number of rotatable bonds is 3. The van der Waals surface area contributed by atoms with Gasteiger partial charge >= 0.3 is 6.43 Å². The highest BCUT2D eigenvalue weighted by Gasteiger charge is 2.16. The summed E-state index contributed by atoms with van der Waals surface area (Å²) in [5.41, 5.74) is 1.60. The Balaban J connectivity index is 2.23. The Bertz CT molecular complexity index is 555. The average Bonchev–Trinajstić information content (AvgIpc) is 2.85. The maximum absolute atomic E-state index is 12.1. The van der Waals surface area contributed by atoms with E-state index in [1.807, 2.05) is 0 Å². The van der Waals surface area contributed by atoms with Gasteiger partial charge in [0.25, 0.3) is 5.91 Å². The van der Waals surface area contributed by atoms with Crippen LogP contribution in [0.2, 0.25) is 0 Å². The highest BCUT2D eigenvalue weighted by molar-refractivity contribution is 5.94. The topological polar surface area (TPSA) is 68.0 Å². The van der Waals surface area contributed by atoms with Gasteiger partial charge in [0.1, 0.15) is 0 Å². The van der Waals surface area contributed by atoms with E-state index in [0.29, 0.717) is 22.7 Å². The number of halogens is 2. The lowest BCUT2D eigenvalue weighted by Crippen LogP contribution is -2.20. The Morgan fingerprint density at radius 1 is 1.44 bits per heavy atom. The summed E-state index contributed by atoms with van der Waals surface area (Å²) in [6.45, 7) is 1.68. The molecule has 2 rings (SSSR count). The fraction of sp³-hybridized carbons (Fsp3) is 0.182. The number of nitrogens with one attached hydrogen (secondary N) is 1. The fourth-order valence-corrected chi connectivity index (χ4v) is 1.42. The van der Waals surface area contributed by atoms with E-state index in [9.17, 15) is 13.6 Å². The highest BCUT2D eigenvalue weighted by atomic mass is 19.3. The molecule has 0 fully saturated rings. The summed E-state index contributed by atoms with van der Waals surface area (Å²) in [4.78, 5) is 10.9. The molecule has 0 radical (unpaired) electrons. The van der Waals surface area contributed by atoms with Gasteiger partial charge in [-0.25, -0.2) is 0 Å². The molecule has 1 amide bonds. The van der Waals surface area contributed by atoms with Crippen molar-refractivity contribution in [3.63, 3.8) is 0 Å². The van der Waals surface area contributed by atoms with Crippen molar-refractivity contribution in [2.75, 3.05) is 5.32 Å². The molecule has 0 spiro atoms. The van der Waals surface area contributed by atoms with E-state index in [0.717, 1.165) is 0 Å². The number of alkyl halides is 2. The van der Waals surface area contributed by atoms with Crippen LogP contribution >= 0.6 is 0 Å². The Labute approximate surface area is 101 Å². The number of hydrogen-bond donors (Lipinski definition) is 1. The van der Waals surface area contributed by atoms with Crippen LogP contribution in [0, 0.1) is 6.92 Å². The lowest BCUT2D eigenvalue weighted by Gasteiger charge is -2.08. The second-order valence-corrected chi connectivity index (χ2v) is 3.56. The molecule has 1 heterocycles. The quantitative estimate of drug-likeness (QED) is 0.910. The summed E-state index contributed by atoms with van der Waals surface area (Å²) >= 11 is 0. The van der Waals surface area contributed by atoms with Crippen molar-refractivity contribution in [2.45, 2.75) is 13.3 Å². The molecular weight excluding hydrogens is 244 g/mol. The molecule has 94 valence electrons. The molecule has 0 aliphatic rings. The van der Waals surface area contributed by atoms with E-state index in [2.05, 4.69) is 15.5 Å². The summed E-state index contributed by atoms with van der Waals surface area (Å²) < 4.78 is 29.2. The summed E-state index contributed by atoms with van der Waals surface area (Å²) in [6.07, 6.45) is -1.85. The minimum absolute atomic E-state index is 0.323. The first-order valence-corrected chi connectivity index (χ1v) is 5.04. The molecule has 1 N–H and O–H groups in total. The Morgan fingerprint density at radius 2 is 2.22 bits per heavy atom. The largest absolute Gasteiger partial charge is 0.423 e. The first-order chi connectivity index (χ1) is 8.58. The Morgan fingerprint density at radius 3 is 2.78 bits per heavy atom. The zero-order valence-electron chi connectivity index (χ0n) is 9.35. The van der Waals surface area contributed by atoms with E-state index in [4.69, 9.17) is 4.42 Å². The molecular formula is C11H9F2N3O2. The molecule has 18 heavy (non-hydrogen) atoms. The number of aromatic nitrogens is 2. The Hall–Kier alpha value is -2.31.